The van der Waals surface area contributed by atoms with Gasteiger partial charge in [0, 0.05) is 17.6 Å². The lowest BCUT2D eigenvalue weighted by molar-refractivity contribution is -0.133. The number of halogens is 1. The number of nitrogens with zero attached hydrogens (tertiary/aromatic N) is 1. The van der Waals surface area contributed by atoms with E-state index in [2.05, 4.69) is 5.32 Å². The highest BCUT2D eigenvalue weighted by Gasteiger charge is 2.27. The first-order chi connectivity index (χ1) is 11.8. The Kier molecular flexibility index (Phi) is 6.26. The number of furan rings is 1. The number of aryl methyl sites for hydroxylation is 1. The SMILES string of the molecule is Cc1ccc(CN(C)C(=O)[C@@H](NC(=O)c2ccc(Cl)cc2)C(C)C)o1. The van der Waals surface area contributed by atoms with Crippen LogP contribution in [0, 0.1) is 12.8 Å². The molecule has 0 aliphatic rings. The van der Waals surface area contributed by atoms with Crippen LogP contribution in [0.5, 0.6) is 0 Å². The van der Waals surface area contributed by atoms with Crippen LogP contribution in [0.3, 0.4) is 0 Å². The average molecular weight is 363 g/mol. The summed E-state index contributed by atoms with van der Waals surface area (Å²) in [5.74, 6) is 0.994. The third kappa shape index (κ3) is 5.10. The van der Waals surface area contributed by atoms with Gasteiger partial charge in [-0.2, -0.15) is 0 Å². The third-order valence-corrected chi connectivity index (χ3v) is 4.14. The van der Waals surface area contributed by atoms with Crippen molar-refractivity contribution in [3.8, 4) is 0 Å². The van der Waals surface area contributed by atoms with Gasteiger partial charge in [-0.1, -0.05) is 25.4 Å². The molecule has 0 aliphatic heterocycles. The van der Waals surface area contributed by atoms with Gasteiger partial charge < -0.3 is 14.6 Å². The summed E-state index contributed by atoms with van der Waals surface area (Å²) < 4.78 is 5.51. The van der Waals surface area contributed by atoms with E-state index in [-0.39, 0.29) is 17.7 Å². The maximum Gasteiger partial charge on any atom is 0.251 e. The van der Waals surface area contributed by atoms with Crippen LogP contribution >= 0.6 is 11.6 Å². The number of nitrogens with one attached hydrogen (secondary N) is 1. The van der Waals surface area contributed by atoms with Crippen molar-refractivity contribution in [2.75, 3.05) is 7.05 Å². The van der Waals surface area contributed by atoms with Crippen LogP contribution in [0.1, 0.15) is 35.7 Å². The summed E-state index contributed by atoms with van der Waals surface area (Å²) in [6.07, 6.45) is 0. The Morgan fingerprint density at radius 1 is 1.16 bits per heavy atom. The van der Waals surface area contributed by atoms with E-state index in [0.29, 0.717) is 22.9 Å². The molecule has 0 spiro atoms. The van der Waals surface area contributed by atoms with Crippen molar-refractivity contribution >= 4 is 23.4 Å². The first-order valence-electron chi connectivity index (χ1n) is 8.14. The Balaban J connectivity index is 2.06. The number of carbonyl (C=O) groups is 2. The average Bonchev–Trinajstić information content (AvgIpc) is 2.97. The third-order valence-electron chi connectivity index (χ3n) is 3.89. The van der Waals surface area contributed by atoms with Gasteiger partial charge in [-0.3, -0.25) is 9.59 Å². The highest BCUT2D eigenvalue weighted by atomic mass is 35.5. The molecule has 1 aromatic heterocycles. The van der Waals surface area contributed by atoms with Crippen LogP contribution in [-0.4, -0.2) is 29.8 Å². The van der Waals surface area contributed by atoms with E-state index in [9.17, 15) is 9.59 Å². The molecule has 6 heteroatoms. The minimum Gasteiger partial charge on any atom is -0.464 e. The highest BCUT2D eigenvalue weighted by Crippen LogP contribution is 2.14. The number of hydrogen-bond donors (Lipinski definition) is 1. The van der Waals surface area contributed by atoms with Crippen LogP contribution in [0.4, 0.5) is 0 Å². The highest BCUT2D eigenvalue weighted by molar-refractivity contribution is 6.30. The molecule has 0 bridgehead atoms. The van der Waals surface area contributed by atoms with E-state index in [4.69, 9.17) is 16.0 Å². The summed E-state index contributed by atoms with van der Waals surface area (Å²) in [6.45, 7) is 6.01. The van der Waals surface area contributed by atoms with E-state index in [0.717, 1.165) is 5.76 Å². The van der Waals surface area contributed by atoms with Crippen molar-refractivity contribution in [3.05, 3.63) is 58.5 Å². The summed E-state index contributed by atoms with van der Waals surface area (Å²) in [4.78, 5) is 26.7. The maximum atomic E-state index is 12.8. The van der Waals surface area contributed by atoms with Crippen molar-refractivity contribution in [2.24, 2.45) is 5.92 Å². The van der Waals surface area contributed by atoms with Crippen LogP contribution < -0.4 is 5.32 Å². The van der Waals surface area contributed by atoms with Gasteiger partial charge in [-0.25, -0.2) is 0 Å². The van der Waals surface area contributed by atoms with E-state index < -0.39 is 6.04 Å². The van der Waals surface area contributed by atoms with Crippen molar-refractivity contribution in [3.63, 3.8) is 0 Å². The van der Waals surface area contributed by atoms with E-state index in [1.807, 2.05) is 32.9 Å². The smallest absolute Gasteiger partial charge is 0.251 e. The van der Waals surface area contributed by atoms with Crippen LogP contribution in [0.15, 0.2) is 40.8 Å². The zero-order valence-corrected chi connectivity index (χ0v) is 15.6. The molecule has 0 radical (unpaired) electrons. The summed E-state index contributed by atoms with van der Waals surface area (Å²) in [5, 5.41) is 3.38. The lowest BCUT2D eigenvalue weighted by atomic mass is 10.0. The fraction of sp³-hybridized carbons (Fsp3) is 0.368. The van der Waals surface area contributed by atoms with E-state index in [1.54, 1.807) is 36.2 Å². The molecular weight excluding hydrogens is 340 g/mol. The minimum absolute atomic E-state index is 0.0514. The minimum atomic E-state index is -0.621. The molecule has 1 aromatic carbocycles. The molecule has 0 unspecified atom stereocenters. The first kappa shape index (κ1) is 19.1. The maximum absolute atomic E-state index is 12.8. The van der Waals surface area contributed by atoms with E-state index in [1.165, 1.54) is 0 Å². The van der Waals surface area contributed by atoms with Gasteiger partial charge in [0.1, 0.15) is 17.6 Å². The Labute approximate surface area is 153 Å². The largest absolute Gasteiger partial charge is 0.464 e. The number of amides is 2. The molecule has 25 heavy (non-hydrogen) atoms. The van der Waals surface area contributed by atoms with Gasteiger partial charge in [0.05, 0.1) is 6.54 Å². The van der Waals surface area contributed by atoms with Gasteiger partial charge >= 0.3 is 0 Å². The number of benzene rings is 1. The van der Waals surface area contributed by atoms with Crippen molar-refractivity contribution in [2.45, 2.75) is 33.4 Å². The molecule has 1 atom stereocenters. The standard InChI is InChI=1S/C19H23ClN2O3/c1-12(2)17(21-18(23)14-6-8-15(20)9-7-14)19(24)22(4)11-16-10-5-13(3)25-16/h5-10,12,17H,11H2,1-4H3,(H,21,23)/t17-/m0/s1. The molecule has 2 amide bonds. The normalized spacial score (nSPS) is 12.1. The Morgan fingerprint density at radius 3 is 2.32 bits per heavy atom. The predicted molar refractivity (Wildman–Crippen MR) is 97.5 cm³/mol. The molecular formula is C19H23ClN2O3. The van der Waals surface area contributed by atoms with Gasteiger partial charge in [0.2, 0.25) is 5.91 Å². The van der Waals surface area contributed by atoms with E-state index >= 15 is 0 Å². The van der Waals surface area contributed by atoms with Crippen LogP contribution in [-0.2, 0) is 11.3 Å². The second-order valence-corrected chi connectivity index (χ2v) is 6.85. The molecule has 1 N–H and O–H groups in total. The van der Waals surface area contributed by atoms with Crippen LogP contribution in [0.25, 0.3) is 0 Å². The second kappa shape index (κ2) is 8.21. The number of hydrogen-bond acceptors (Lipinski definition) is 3. The molecule has 0 saturated heterocycles. The van der Waals surface area contributed by atoms with Crippen molar-refractivity contribution < 1.29 is 14.0 Å². The summed E-state index contributed by atoms with van der Waals surface area (Å²) in [6, 6.07) is 9.64. The zero-order chi connectivity index (χ0) is 18.6. The van der Waals surface area contributed by atoms with Gasteiger partial charge in [0.25, 0.3) is 5.91 Å². The lowest BCUT2D eigenvalue weighted by Gasteiger charge is -2.26. The summed E-state index contributed by atoms with van der Waals surface area (Å²) >= 11 is 5.84. The Hall–Kier alpha value is -2.27. The van der Waals surface area contributed by atoms with Crippen LogP contribution in [0.2, 0.25) is 5.02 Å². The molecule has 2 aromatic rings. The topological polar surface area (TPSA) is 62.6 Å². The summed E-state index contributed by atoms with van der Waals surface area (Å²) in [5.41, 5.74) is 0.465. The van der Waals surface area contributed by atoms with Gasteiger partial charge in [-0.15, -0.1) is 0 Å². The first-order valence-corrected chi connectivity index (χ1v) is 8.52. The molecule has 134 valence electrons. The molecule has 0 fully saturated rings. The van der Waals surface area contributed by atoms with Gasteiger partial charge in [-0.05, 0) is 49.2 Å². The lowest BCUT2D eigenvalue weighted by Crippen LogP contribution is -2.50. The number of likely N-dealkylation sites (N-methyl/N-ethyl adjacent to an activating group) is 1. The molecule has 0 saturated carbocycles. The molecule has 5 nitrogen and oxygen atoms in total. The fourth-order valence-electron chi connectivity index (χ4n) is 2.46. The van der Waals surface area contributed by atoms with Crippen molar-refractivity contribution in [1.82, 2.24) is 10.2 Å². The number of carbonyl (C=O) groups excluding carboxylic acids is 2. The molecule has 2 rings (SSSR count). The van der Waals surface area contributed by atoms with Gasteiger partial charge in [0.15, 0.2) is 0 Å². The second-order valence-electron chi connectivity index (χ2n) is 6.41. The molecule has 1 heterocycles. The quantitative estimate of drug-likeness (QED) is 0.853. The summed E-state index contributed by atoms with van der Waals surface area (Å²) in [7, 11) is 1.70. The zero-order valence-electron chi connectivity index (χ0n) is 14.9. The fourth-order valence-corrected chi connectivity index (χ4v) is 2.58. The predicted octanol–water partition coefficient (Wildman–Crippen LogP) is 3.65. The Bertz CT molecular complexity index is 737. The number of rotatable bonds is 6. The molecule has 0 aliphatic carbocycles. The monoisotopic (exact) mass is 362 g/mol. The Morgan fingerprint density at radius 2 is 1.80 bits per heavy atom. The van der Waals surface area contributed by atoms with Crippen molar-refractivity contribution in [1.29, 1.82) is 0 Å².